The number of nitrogens with zero attached hydrogens (tertiary/aromatic N) is 1. The van der Waals surface area contributed by atoms with Crippen LogP contribution in [0.25, 0.3) is 0 Å². The molecule has 0 aromatic heterocycles. The number of nitrogens with one attached hydrogen (secondary N) is 1. The van der Waals surface area contributed by atoms with Crippen molar-refractivity contribution in [3.8, 4) is 5.75 Å². The van der Waals surface area contributed by atoms with Crippen LogP contribution in [0, 0.1) is 6.92 Å². The van der Waals surface area contributed by atoms with Crippen molar-refractivity contribution in [3.63, 3.8) is 0 Å². The molecule has 2 rings (SSSR count). The summed E-state index contributed by atoms with van der Waals surface area (Å²) < 4.78 is 5.67. The molecule has 0 bridgehead atoms. The zero-order valence-electron chi connectivity index (χ0n) is 17.4. The second-order valence-corrected chi connectivity index (χ2v) is 7.77. The second kappa shape index (κ2) is 10.9. The van der Waals surface area contributed by atoms with Crippen molar-refractivity contribution in [1.29, 1.82) is 0 Å². The fraction of sp³-hybridized carbons (Fsp3) is 0.391. The highest BCUT2D eigenvalue weighted by Gasteiger charge is 2.29. The number of halogens is 1. The molecule has 29 heavy (non-hydrogen) atoms. The van der Waals surface area contributed by atoms with Gasteiger partial charge in [0.15, 0.2) is 6.61 Å². The molecule has 0 unspecified atom stereocenters. The van der Waals surface area contributed by atoms with E-state index >= 15 is 0 Å². The Balaban J connectivity index is 2.18. The Labute approximate surface area is 178 Å². The molecule has 0 aliphatic heterocycles. The predicted molar refractivity (Wildman–Crippen MR) is 116 cm³/mol. The molecular formula is C23H29ClN2O3. The first-order valence-electron chi connectivity index (χ1n) is 9.84. The minimum absolute atomic E-state index is 0.00663. The summed E-state index contributed by atoms with van der Waals surface area (Å²) in [6.07, 6.45) is 0.502. The summed E-state index contributed by atoms with van der Waals surface area (Å²) in [5.74, 6) is 0.210. The molecule has 2 amide bonds. The van der Waals surface area contributed by atoms with Crippen LogP contribution in [0.1, 0.15) is 38.3 Å². The third-order valence-electron chi connectivity index (χ3n) is 4.47. The van der Waals surface area contributed by atoms with E-state index in [1.807, 2.05) is 64.1 Å². The van der Waals surface area contributed by atoms with Crippen LogP contribution in [0.2, 0.25) is 5.02 Å². The molecule has 0 aliphatic rings. The van der Waals surface area contributed by atoms with Gasteiger partial charge in [-0.3, -0.25) is 9.59 Å². The average Bonchev–Trinajstić information content (AvgIpc) is 2.68. The van der Waals surface area contributed by atoms with Gasteiger partial charge in [-0.2, -0.15) is 0 Å². The van der Waals surface area contributed by atoms with E-state index in [2.05, 4.69) is 5.32 Å². The van der Waals surface area contributed by atoms with E-state index in [-0.39, 0.29) is 24.5 Å². The Morgan fingerprint density at radius 1 is 1.07 bits per heavy atom. The van der Waals surface area contributed by atoms with Crippen LogP contribution in [-0.2, 0) is 16.1 Å². The van der Waals surface area contributed by atoms with E-state index < -0.39 is 6.04 Å². The molecular weight excluding hydrogens is 388 g/mol. The fourth-order valence-corrected chi connectivity index (χ4v) is 3.08. The van der Waals surface area contributed by atoms with Crippen LogP contribution in [-0.4, -0.2) is 35.4 Å². The van der Waals surface area contributed by atoms with Gasteiger partial charge in [-0.15, -0.1) is 0 Å². The largest absolute Gasteiger partial charge is 0.484 e. The lowest BCUT2D eigenvalue weighted by Gasteiger charge is -2.31. The van der Waals surface area contributed by atoms with Crippen LogP contribution in [0.15, 0.2) is 48.5 Å². The summed E-state index contributed by atoms with van der Waals surface area (Å²) in [7, 11) is 0. The minimum atomic E-state index is -0.581. The van der Waals surface area contributed by atoms with Gasteiger partial charge in [0.2, 0.25) is 5.91 Å². The number of hydrogen-bond donors (Lipinski definition) is 1. The first-order chi connectivity index (χ1) is 13.8. The quantitative estimate of drug-likeness (QED) is 0.660. The number of benzene rings is 2. The van der Waals surface area contributed by atoms with Crippen molar-refractivity contribution < 1.29 is 14.3 Å². The molecule has 0 aliphatic carbocycles. The van der Waals surface area contributed by atoms with Gasteiger partial charge in [0.1, 0.15) is 11.8 Å². The number of hydrogen-bond acceptors (Lipinski definition) is 3. The number of aryl methyl sites for hydroxylation is 1. The van der Waals surface area contributed by atoms with E-state index in [4.69, 9.17) is 16.3 Å². The molecule has 2 aromatic rings. The van der Waals surface area contributed by atoms with Gasteiger partial charge in [-0.1, -0.05) is 48.4 Å². The van der Waals surface area contributed by atoms with Crippen LogP contribution < -0.4 is 10.1 Å². The molecule has 6 heteroatoms. The normalized spacial score (nSPS) is 11.8. The highest BCUT2D eigenvalue weighted by Crippen LogP contribution is 2.17. The predicted octanol–water partition coefficient (Wildman–Crippen LogP) is 4.36. The summed E-state index contributed by atoms with van der Waals surface area (Å²) in [5.41, 5.74) is 2.01. The fourth-order valence-electron chi connectivity index (χ4n) is 2.95. The standard InChI is InChI=1S/C23H29ClN2O3/c1-5-21(23(28)25-16(2)3)26(14-18-8-10-19(24)11-9-18)22(27)15-29-20-12-6-17(4)7-13-20/h6-13,16,21H,5,14-15H2,1-4H3,(H,25,28)/t21-/m1/s1. The highest BCUT2D eigenvalue weighted by atomic mass is 35.5. The summed E-state index contributed by atoms with van der Waals surface area (Å²) >= 11 is 5.97. The zero-order valence-corrected chi connectivity index (χ0v) is 18.2. The topological polar surface area (TPSA) is 58.6 Å². The van der Waals surface area contributed by atoms with Gasteiger partial charge in [-0.05, 0) is 57.0 Å². The van der Waals surface area contributed by atoms with Crippen molar-refractivity contribution >= 4 is 23.4 Å². The summed E-state index contributed by atoms with van der Waals surface area (Å²) in [6.45, 7) is 7.85. The maximum absolute atomic E-state index is 13.0. The van der Waals surface area contributed by atoms with Gasteiger partial charge in [-0.25, -0.2) is 0 Å². The van der Waals surface area contributed by atoms with Gasteiger partial charge >= 0.3 is 0 Å². The number of rotatable bonds is 9. The van der Waals surface area contributed by atoms with Gasteiger partial charge in [0.25, 0.3) is 5.91 Å². The molecule has 0 heterocycles. The van der Waals surface area contributed by atoms with Gasteiger partial charge in [0.05, 0.1) is 0 Å². The maximum Gasteiger partial charge on any atom is 0.261 e. The smallest absolute Gasteiger partial charge is 0.261 e. The second-order valence-electron chi connectivity index (χ2n) is 7.34. The van der Waals surface area contributed by atoms with Gasteiger partial charge < -0.3 is 15.0 Å². The van der Waals surface area contributed by atoms with Crippen molar-refractivity contribution in [1.82, 2.24) is 10.2 Å². The number of carbonyl (C=O) groups is 2. The van der Waals surface area contributed by atoms with Crippen molar-refractivity contribution in [2.75, 3.05) is 6.61 Å². The third kappa shape index (κ3) is 7.09. The van der Waals surface area contributed by atoms with Crippen molar-refractivity contribution in [3.05, 3.63) is 64.7 Å². The van der Waals surface area contributed by atoms with E-state index in [9.17, 15) is 9.59 Å². The monoisotopic (exact) mass is 416 g/mol. The van der Waals surface area contributed by atoms with E-state index in [0.717, 1.165) is 11.1 Å². The molecule has 5 nitrogen and oxygen atoms in total. The van der Waals surface area contributed by atoms with E-state index in [0.29, 0.717) is 23.7 Å². The highest BCUT2D eigenvalue weighted by molar-refractivity contribution is 6.30. The zero-order chi connectivity index (χ0) is 21.4. The molecule has 156 valence electrons. The first kappa shape index (κ1) is 22.8. The SMILES string of the molecule is CC[C@H](C(=O)NC(C)C)N(Cc1ccc(Cl)cc1)C(=O)COc1ccc(C)cc1. The van der Waals surface area contributed by atoms with Crippen molar-refractivity contribution in [2.45, 2.75) is 52.7 Å². The maximum atomic E-state index is 13.0. The van der Waals surface area contributed by atoms with E-state index in [1.165, 1.54) is 0 Å². The average molecular weight is 417 g/mol. The number of amides is 2. The molecule has 0 saturated carbocycles. The van der Waals surface area contributed by atoms with Crippen LogP contribution in [0.3, 0.4) is 0 Å². The number of carbonyl (C=O) groups excluding carboxylic acids is 2. The molecule has 0 saturated heterocycles. The van der Waals surface area contributed by atoms with Crippen LogP contribution in [0.5, 0.6) is 5.75 Å². The first-order valence-corrected chi connectivity index (χ1v) is 10.2. The Hall–Kier alpha value is -2.53. The Morgan fingerprint density at radius 2 is 1.69 bits per heavy atom. The third-order valence-corrected chi connectivity index (χ3v) is 4.72. The Bertz CT molecular complexity index is 804. The number of ether oxygens (including phenoxy) is 1. The summed E-state index contributed by atoms with van der Waals surface area (Å²) in [6, 6.07) is 14.2. The minimum Gasteiger partial charge on any atom is -0.484 e. The molecule has 2 aromatic carbocycles. The van der Waals surface area contributed by atoms with Crippen LogP contribution in [0.4, 0.5) is 0 Å². The summed E-state index contributed by atoms with van der Waals surface area (Å²) in [5, 5.41) is 3.53. The lowest BCUT2D eigenvalue weighted by molar-refractivity contribution is -0.143. The lowest BCUT2D eigenvalue weighted by atomic mass is 10.1. The lowest BCUT2D eigenvalue weighted by Crippen LogP contribution is -2.51. The Kier molecular flexibility index (Phi) is 8.52. The molecule has 1 atom stereocenters. The molecule has 0 radical (unpaired) electrons. The summed E-state index contributed by atoms with van der Waals surface area (Å²) in [4.78, 5) is 27.3. The Morgan fingerprint density at radius 3 is 2.24 bits per heavy atom. The van der Waals surface area contributed by atoms with Gasteiger partial charge in [0, 0.05) is 17.6 Å². The van der Waals surface area contributed by atoms with E-state index in [1.54, 1.807) is 17.0 Å². The van der Waals surface area contributed by atoms with Crippen LogP contribution >= 0.6 is 11.6 Å². The molecule has 0 spiro atoms. The molecule has 0 fully saturated rings. The van der Waals surface area contributed by atoms with Crippen molar-refractivity contribution in [2.24, 2.45) is 0 Å². The molecule has 1 N–H and O–H groups in total.